The van der Waals surface area contributed by atoms with Gasteiger partial charge in [0.2, 0.25) is 0 Å². The van der Waals surface area contributed by atoms with Crippen LogP contribution in [0.5, 0.6) is 5.75 Å². The minimum absolute atomic E-state index is 0.0608. The normalized spacial score (nSPS) is 12.0. The van der Waals surface area contributed by atoms with E-state index in [1.54, 1.807) is 36.4 Å². The molecule has 0 bridgehead atoms. The molecule has 1 N–H and O–H groups in total. The zero-order chi connectivity index (χ0) is 28.2. The van der Waals surface area contributed by atoms with Crippen molar-refractivity contribution in [3.05, 3.63) is 124 Å². The van der Waals surface area contributed by atoms with E-state index in [0.717, 1.165) is 22.3 Å². The first-order valence-corrected chi connectivity index (χ1v) is 14.2. The third-order valence-corrected chi connectivity index (χ3v) is 8.70. The molecule has 0 fully saturated rings. The highest BCUT2D eigenvalue weighted by Crippen LogP contribution is 2.31. The smallest absolute Gasteiger partial charge is 0.264 e. The number of carbonyl (C=O) groups is 1. The first kappa shape index (κ1) is 27.9. The quantitative estimate of drug-likeness (QED) is 0.262. The van der Waals surface area contributed by atoms with E-state index < -0.39 is 10.0 Å². The maximum absolute atomic E-state index is 14.0. The molecule has 0 saturated carbocycles. The molecule has 39 heavy (non-hydrogen) atoms. The Bertz CT molecular complexity index is 1570. The van der Waals surface area contributed by atoms with Crippen LogP contribution in [0.3, 0.4) is 0 Å². The number of methoxy groups -OCH3 is 1. The molecule has 4 aromatic carbocycles. The summed E-state index contributed by atoms with van der Waals surface area (Å²) in [7, 11) is -2.51. The van der Waals surface area contributed by atoms with Crippen molar-refractivity contribution in [2.75, 3.05) is 11.4 Å². The van der Waals surface area contributed by atoms with Crippen LogP contribution in [0.1, 0.15) is 51.1 Å². The first-order chi connectivity index (χ1) is 18.6. The molecular weight excluding hydrogens is 508 g/mol. The Labute approximate surface area is 231 Å². The zero-order valence-electron chi connectivity index (χ0n) is 22.9. The number of carbonyl (C=O) groups excluding carboxylic acids is 1. The van der Waals surface area contributed by atoms with Crippen LogP contribution in [0.2, 0.25) is 0 Å². The van der Waals surface area contributed by atoms with Crippen molar-refractivity contribution >= 4 is 21.6 Å². The molecule has 202 valence electrons. The molecule has 1 atom stereocenters. The van der Waals surface area contributed by atoms with E-state index in [0.29, 0.717) is 11.4 Å². The second-order valence-electron chi connectivity index (χ2n) is 9.68. The number of nitrogens with one attached hydrogen (secondary N) is 1. The van der Waals surface area contributed by atoms with E-state index in [2.05, 4.69) is 24.4 Å². The Balaban J connectivity index is 1.75. The molecule has 4 rings (SSSR count). The third-order valence-electron chi connectivity index (χ3n) is 6.93. The second kappa shape index (κ2) is 11.7. The van der Waals surface area contributed by atoms with Crippen molar-refractivity contribution in [2.24, 2.45) is 0 Å². The number of ether oxygens (including phenoxy) is 1. The summed E-state index contributed by atoms with van der Waals surface area (Å²) < 4.78 is 34.5. The van der Waals surface area contributed by atoms with E-state index in [1.807, 2.05) is 51.1 Å². The number of para-hydroxylation sites is 1. The molecule has 0 aliphatic heterocycles. The molecule has 7 heteroatoms. The Morgan fingerprint density at radius 1 is 0.846 bits per heavy atom. The summed E-state index contributed by atoms with van der Waals surface area (Å²) in [6.45, 7) is 8.14. The summed E-state index contributed by atoms with van der Waals surface area (Å²) in [6.07, 6.45) is 0. The number of aryl methyl sites for hydroxylation is 3. The maximum Gasteiger partial charge on any atom is 0.264 e. The van der Waals surface area contributed by atoms with Gasteiger partial charge in [-0.15, -0.1) is 0 Å². The fraction of sp³-hybridized carbons (Fsp3) is 0.219. The molecule has 0 aliphatic carbocycles. The highest BCUT2D eigenvalue weighted by molar-refractivity contribution is 7.92. The van der Waals surface area contributed by atoms with Gasteiger partial charge in [0.25, 0.3) is 15.9 Å². The highest BCUT2D eigenvalue weighted by atomic mass is 32.2. The van der Waals surface area contributed by atoms with Crippen LogP contribution in [0.15, 0.2) is 95.9 Å². The molecule has 0 aromatic heterocycles. The topological polar surface area (TPSA) is 75.7 Å². The van der Waals surface area contributed by atoms with Gasteiger partial charge in [-0.25, -0.2) is 8.42 Å². The summed E-state index contributed by atoms with van der Waals surface area (Å²) in [4.78, 5) is 13.8. The number of hydrogen-bond acceptors (Lipinski definition) is 4. The van der Waals surface area contributed by atoms with Gasteiger partial charge in [-0.1, -0.05) is 54.6 Å². The standard InChI is InChI=1S/C32H34N2O4S/c1-22-19-24(3)30(20-23(22)2)25(4)33-32(35)29-13-9-10-14-31(29)34(21-26-11-7-6-8-12-26)39(36,37)28-17-15-27(38-5)16-18-28/h6-20,25H,21H2,1-5H3,(H,33,35)/t25-/m0/s1. The van der Waals surface area contributed by atoms with Crippen LogP contribution >= 0.6 is 0 Å². The lowest BCUT2D eigenvalue weighted by atomic mass is 9.96. The van der Waals surface area contributed by atoms with E-state index >= 15 is 0 Å². The van der Waals surface area contributed by atoms with Crippen LogP contribution in [0.25, 0.3) is 0 Å². The van der Waals surface area contributed by atoms with Crippen LogP contribution in [0.4, 0.5) is 5.69 Å². The number of anilines is 1. The maximum atomic E-state index is 14.0. The van der Waals surface area contributed by atoms with Gasteiger partial charge >= 0.3 is 0 Å². The fourth-order valence-electron chi connectivity index (χ4n) is 4.61. The number of nitrogens with zero attached hydrogens (tertiary/aromatic N) is 1. The second-order valence-corrected chi connectivity index (χ2v) is 11.5. The predicted octanol–water partition coefficient (Wildman–Crippen LogP) is 6.51. The number of hydrogen-bond donors (Lipinski definition) is 1. The van der Waals surface area contributed by atoms with Crippen molar-refractivity contribution in [3.63, 3.8) is 0 Å². The van der Waals surface area contributed by atoms with E-state index in [9.17, 15) is 13.2 Å². The van der Waals surface area contributed by atoms with Gasteiger partial charge in [-0.2, -0.15) is 0 Å². The van der Waals surface area contributed by atoms with Gasteiger partial charge in [0.05, 0.1) is 35.8 Å². The summed E-state index contributed by atoms with van der Waals surface area (Å²) in [5, 5.41) is 3.09. The molecule has 0 spiro atoms. The minimum atomic E-state index is -4.03. The lowest BCUT2D eigenvalue weighted by Crippen LogP contribution is -2.34. The number of amides is 1. The van der Waals surface area contributed by atoms with Crippen molar-refractivity contribution < 1.29 is 17.9 Å². The van der Waals surface area contributed by atoms with E-state index in [4.69, 9.17) is 4.74 Å². The number of rotatable bonds is 9. The van der Waals surface area contributed by atoms with Gasteiger partial charge in [-0.05, 0) is 91.9 Å². The summed E-state index contributed by atoms with van der Waals surface area (Å²) in [5.41, 5.74) is 5.83. The molecule has 0 saturated heterocycles. The third kappa shape index (κ3) is 6.15. The highest BCUT2D eigenvalue weighted by Gasteiger charge is 2.29. The summed E-state index contributed by atoms with van der Waals surface area (Å²) in [5.74, 6) is 0.206. The van der Waals surface area contributed by atoms with Crippen molar-refractivity contribution in [3.8, 4) is 5.75 Å². The minimum Gasteiger partial charge on any atom is -0.497 e. The Kier molecular flexibility index (Phi) is 8.41. The van der Waals surface area contributed by atoms with Crippen molar-refractivity contribution in [1.29, 1.82) is 0 Å². The molecule has 4 aromatic rings. The van der Waals surface area contributed by atoms with Crippen LogP contribution in [0, 0.1) is 20.8 Å². The average molecular weight is 543 g/mol. The van der Waals surface area contributed by atoms with Gasteiger partial charge < -0.3 is 10.1 Å². The summed E-state index contributed by atoms with van der Waals surface area (Å²) in [6, 6.07) is 26.3. The fourth-order valence-corrected chi connectivity index (χ4v) is 6.08. The predicted molar refractivity (Wildman–Crippen MR) is 156 cm³/mol. The van der Waals surface area contributed by atoms with Crippen LogP contribution in [-0.4, -0.2) is 21.4 Å². The number of sulfonamides is 1. The average Bonchev–Trinajstić information content (AvgIpc) is 2.94. The largest absolute Gasteiger partial charge is 0.497 e. The zero-order valence-corrected chi connectivity index (χ0v) is 23.7. The summed E-state index contributed by atoms with van der Waals surface area (Å²) >= 11 is 0. The van der Waals surface area contributed by atoms with Crippen LogP contribution in [-0.2, 0) is 16.6 Å². The molecule has 0 radical (unpaired) electrons. The molecule has 1 amide bonds. The molecule has 6 nitrogen and oxygen atoms in total. The van der Waals surface area contributed by atoms with Gasteiger partial charge in [0.1, 0.15) is 5.75 Å². The van der Waals surface area contributed by atoms with Crippen molar-refractivity contribution in [2.45, 2.75) is 45.2 Å². The Hall–Kier alpha value is -4.10. The van der Waals surface area contributed by atoms with Crippen molar-refractivity contribution in [1.82, 2.24) is 5.32 Å². The van der Waals surface area contributed by atoms with Gasteiger partial charge in [0.15, 0.2) is 0 Å². The molecular formula is C32H34N2O4S. The SMILES string of the molecule is COc1ccc(S(=O)(=O)N(Cc2ccccc2)c2ccccc2C(=O)N[C@@H](C)c2cc(C)c(C)cc2C)cc1. The monoisotopic (exact) mass is 542 g/mol. The lowest BCUT2D eigenvalue weighted by Gasteiger charge is -2.27. The van der Waals surface area contributed by atoms with Gasteiger partial charge in [-0.3, -0.25) is 9.10 Å². The van der Waals surface area contributed by atoms with E-state index in [-0.39, 0.29) is 29.0 Å². The molecule has 0 heterocycles. The lowest BCUT2D eigenvalue weighted by molar-refractivity contribution is 0.0940. The van der Waals surface area contributed by atoms with Gasteiger partial charge in [0, 0.05) is 0 Å². The Morgan fingerprint density at radius 3 is 2.13 bits per heavy atom. The Morgan fingerprint density at radius 2 is 1.46 bits per heavy atom. The van der Waals surface area contributed by atoms with Crippen LogP contribution < -0.4 is 14.4 Å². The number of benzene rings is 4. The van der Waals surface area contributed by atoms with E-state index in [1.165, 1.54) is 29.1 Å². The molecule has 0 aliphatic rings. The first-order valence-electron chi connectivity index (χ1n) is 12.8. The molecule has 0 unspecified atom stereocenters.